The van der Waals surface area contributed by atoms with Gasteiger partial charge in [0, 0.05) is 4.47 Å². The Hall–Kier alpha value is -3.35. The normalized spacial score (nSPS) is 11.2. The number of nitriles is 1. The monoisotopic (exact) mass is 439 g/mol. The number of benzene rings is 4. The molecular weight excluding hydrogens is 422 g/mol. The zero-order valence-electron chi connectivity index (χ0n) is 15.7. The fourth-order valence-corrected chi connectivity index (χ4v) is 3.48. The lowest BCUT2D eigenvalue weighted by Crippen LogP contribution is -1.96. The molecule has 0 aliphatic heterocycles. The van der Waals surface area contributed by atoms with Crippen molar-refractivity contribution in [2.45, 2.75) is 6.61 Å². The topological polar surface area (TPSA) is 33.0 Å². The van der Waals surface area contributed by atoms with Crippen molar-refractivity contribution in [1.82, 2.24) is 0 Å². The van der Waals surface area contributed by atoms with Crippen LogP contribution in [0.5, 0.6) is 5.75 Å². The largest absolute Gasteiger partial charge is 0.489 e. The summed E-state index contributed by atoms with van der Waals surface area (Å²) in [5.41, 5.74) is 3.64. The van der Waals surface area contributed by atoms with Gasteiger partial charge in [0.25, 0.3) is 0 Å². The second-order valence-corrected chi connectivity index (χ2v) is 7.59. The van der Waals surface area contributed by atoms with E-state index in [2.05, 4.69) is 52.3 Å². The predicted molar refractivity (Wildman–Crippen MR) is 122 cm³/mol. The Balaban J connectivity index is 1.49. The number of hydrogen-bond donors (Lipinski definition) is 0. The number of halogens is 1. The average molecular weight is 440 g/mol. The molecule has 4 aromatic carbocycles. The van der Waals surface area contributed by atoms with Gasteiger partial charge in [0.05, 0.1) is 11.6 Å². The summed E-state index contributed by atoms with van der Waals surface area (Å²) in [5, 5.41) is 11.9. The van der Waals surface area contributed by atoms with Crippen LogP contribution in [0.15, 0.2) is 95.5 Å². The Morgan fingerprint density at radius 3 is 2.34 bits per heavy atom. The van der Waals surface area contributed by atoms with E-state index in [0.29, 0.717) is 12.2 Å². The van der Waals surface area contributed by atoms with Gasteiger partial charge in [-0.05, 0) is 57.8 Å². The molecule has 4 aromatic rings. The molecule has 0 atom stereocenters. The minimum absolute atomic E-state index is 0.513. The predicted octanol–water partition coefficient (Wildman–Crippen LogP) is 7.25. The Morgan fingerprint density at radius 1 is 0.862 bits per heavy atom. The summed E-state index contributed by atoms with van der Waals surface area (Å²) in [5.74, 6) is 0.803. The molecule has 0 amide bonds. The molecule has 0 fully saturated rings. The van der Waals surface area contributed by atoms with Crippen LogP contribution in [0.25, 0.3) is 22.4 Å². The van der Waals surface area contributed by atoms with E-state index in [1.165, 1.54) is 10.8 Å². The van der Waals surface area contributed by atoms with E-state index in [0.717, 1.165) is 26.9 Å². The van der Waals surface area contributed by atoms with Crippen LogP contribution in [0, 0.1) is 11.3 Å². The highest BCUT2D eigenvalue weighted by Gasteiger charge is 2.03. The van der Waals surface area contributed by atoms with Crippen LogP contribution in [0.1, 0.15) is 16.7 Å². The molecule has 0 bridgehead atoms. The molecule has 0 saturated heterocycles. The van der Waals surface area contributed by atoms with Crippen LogP contribution >= 0.6 is 15.9 Å². The number of fused-ring (bicyclic) bond motifs is 1. The van der Waals surface area contributed by atoms with Crippen LogP contribution in [0.3, 0.4) is 0 Å². The van der Waals surface area contributed by atoms with E-state index in [9.17, 15) is 5.26 Å². The Labute approximate surface area is 178 Å². The number of nitrogens with zero attached hydrogens (tertiary/aromatic N) is 1. The van der Waals surface area contributed by atoms with Crippen molar-refractivity contribution >= 4 is 38.4 Å². The summed E-state index contributed by atoms with van der Waals surface area (Å²) in [4.78, 5) is 0. The summed E-state index contributed by atoms with van der Waals surface area (Å²) in [7, 11) is 0. The molecule has 4 rings (SSSR count). The minimum Gasteiger partial charge on any atom is -0.489 e. The molecule has 2 nitrogen and oxygen atoms in total. The summed E-state index contributed by atoms with van der Waals surface area (Å²) < 4.78 is 6.99. The molecule has 0 aliphatic carbocycles. The van der Waals surface area contributed by atoms with Crippen LogP contribution < -0.4 is 4.74 Å². The zero-order chi connectivity index (χ0) is 20.1. The van der Waals surface area contributed by atoms with Gasteiger partial charge >= 0.3 is 0 Å². The van der Waals surface area contributed by atoms with Gasteiger partial charge in [-0.25, -0.2) is 0 Å². The first-order valence-corrected chi connectivity index (χ1v) is 10.1. The second kappa shape index (κ2) is 8.77. The first-order chi connectivity index (χ1) is 14.2. The van der Waals surface area contributed by atoms with E-state index in [1.54, 1.807) is 0 Å². The molecule has 0 aliphatic rings. The smallest absolute Gasteiger partial charge is 0.119 e. The maximum atomic E-state index is 9.51. The molecule has 0 saturated carbocycles. The van der Waals surface area contributed by atoms with E-state index < -0.39 is 0 Å². The van der Waals surface area contributed by atoms with Gasteiger partial charge < -0.3 is 4.74 Å². The van der Waals surface area contributed by atoms with E-state index >= 15 is 0 Å². The van der Waals surface area contributed by atoms with Gasteiger partial charge in [-0.2, -0.15) is 5.26 Å². The Morgan fingerprint density at radius 2 is 1.59 bits per heavy atom. The highest BCUT2D eigenvalue weighted by molar-refractivity contribution is 9.10. The van der Waals surface area contributed by atoms with Gasteiger partial charge in [-0.1, -0.05) is 82.7 Å². The first-order valence-electron chi connectivity index (χ1n) is 9.30. The molecule has 29 heavy (non-hydrogen) atoms. The lowest BCUT2D eigenvalue weighted by atomic mass is 10.0. The molecule has 3 heteroatoms. The molecule has 140 valence electrons. The minimum atomic E-state index is 0.513. The van der Waals surface area contributed by atoms with E-state index in [-0.39, 0.29) is 0 Å². The van der Waals surface area contributed by atoms with Gasteiger partial charge in [0.1, 0.15) is 12.4 Å². The number of rotatable bonds is 5. The van der Waals surface area contributed by atoms with Crippen LogP contribution in [0.2, 0.25) is 0 Å². The van der Waals surface area contributed by atoms with Crippen molar-refractivity contribution in [2.75, 3.05) is 0 Å². The molecule has 0 heterocycles. The molecular formula is C26H18BrNO. The lowest BCUT2D eigenvalue weighted by Gasteiger charge is -2.09. The van der Waals surface area contributed by atoms with Gasteiger partial charge in [-0.15, -0.1) is 0 Å². The van der Waals surface area contributed by atoms with E-state index in [1.807, 2.05) is 66.7 Å². The fraction of sp³-hybridized carbons (Fsp3) is 0.0385. The van der Waals surface area contributed by atoms with Crippen LogP contribution in [-0.4, -0.2) is 0 Å². The van der Waals surface area contributed by atoms with Crippen molar-refractivity contribution in [1.29, 1.82) is 5.26 Å². The van der Waals surface area contributed by atoms with Crippen LogP contribution in [0.4, 0.5) is 0 Å². The third-order valence-electron chi connectivity index (χ3n) is 4.74. The molecule has 0 unspecified atom stereocenters. The number of ether oxygens (including phenoxy) is 1. The number of hydrogen-bond acceptors (Lipinski definition) is 2. The fourth-order valence-electron chi connectivity index (χ4n) is 3.22. The van der Waals surface area contributed by atoms with Crippen molar-refractivity contribution in [3.63, 3.8) is 0 Å². The SMILES string of the molecule is N#C/C(=C/c1ccc(OCc2cccc3ccccc23)cc1)c1ccc(Br)cc1. The summed E-state index contributed by atoms with van der Waals surface area (Å²) >= 11 is 3.42. The standard InChI is InChI=1S/C26H18BrNO/c27-24-12-10-20(11-13-24)23(17-28)16-19-8-14-25(15-9-19)29-18-22-6-3-5-21-4-1-2-7-26(21)22/h1-16H,18H2/b23-16-. The lowest BCUT2D eigenvalue weighted by molar-refractivity contribution is 0.307. The molecule has 0 radical (unpaired) electrons. The van der Waals surface area contributed by atoms with Crippen LogP contribution in [-0.2, 0) is 6.61 Å². The van der Waals surface area contributed by atoms with Gasteiger partial charge in [0.2, 0.25) is 0 Å². The average Bonchev–Trinajstić information content (AvgIpc) is 2.77. The highest BCUT2D eigenvalue weighted by Crippen LogP contribution is 2.23. The highest BCUT2D eigenvalue weighted by atomic mass is 79.9. The van der Waals surface area contributed by atoms with Gasteiger partial charge in [-0.3, -0.25) is 0 Å². The second-order valence-electron chi connectivity index (χ2n) is 6.67. The van der Waals surface area contributed by atoms with Crippen molar-refractivity contribution in [2.24, 2.45) is 0 Å². The molecule has 0 spiro atoms. The summed E-state index contributed by atoms with van der Waals surface area (Å²) in [6.07, 6.45) is 1.89. The van der Waals surface area contributed by atoms with E-state index in [4.69, 9.17) is 4.74 Å². The van der Waals surface area contributed by atoms with Gasteiger partial charge in [0.15, 0.2) is 0 Å². The summed E-state index contributed by atoms with van der Waals surface area (Å²) in [6.45, 7) is 0.513. The maximum absolute atomic E-state index is 9.51. The number of allylic oxidation sites excluding steroid dienone is 1. The quantitative estimate of drug-likeness (QED) is 0.242. The maximum Gasteiger partial charge on any atom is 0.119 e. The first kappa shape index (κ1) is 19.0. The summed E-state index contributed by atoms with van der Waals surface area (Å²) in [6, 6.07) is 32.4. The van der Waals surface area contributed by atoms with Crippen molar-refractivity contribution in [3.8, 4) is 11.8 Å². The third kappa shape index (κ3) is 4.56. The molecule has 0 aromatic heterocycles. The molecule has 0 N–H and O–H groups in total. The Bertz CT molecular complexity index is 1200. The third-order valence-corrected chi connectivity index (χ3v) is 5.27. The van der Waals surface area contributed by atoms with Crippen molar-refractivity contribution in [3.05, 3.63) is 112 Å². The van der Waals surface area contributed by atoms with Crippen molar-refractivity contribution < 1.29 is 4.74 Å². The Kier molecular flexibility index (Phi) is 5.74. The zero-order valence-corrected chi connectivity index (χ0v) is 17.3.